The van der Waals surface area contributed by atoms with E-state index in [2.05, 4.69) is 25.9 Å². The Morgan fingerprint density at radius 3 is 1.95 bits per heavy atom. The number of aliphatic imine (C=N–C) groups is 2. The summed E-state index contributed by atoms with van der Waals surface area (Å²) in [6.45, 7) is 2.44. The first-order valence-electron chi connectivity index (χ1n) is 12.8. The van der Waals surface area contributed by atoms with Crippen molar-refractivity contribution in [3.05, 3.63) is 107 Å². The number of carbonyl (C=O) groups is 2. The number of benzene rings is 4. The topological polar surface area (TPSA) is 95.0 Å². The summed E-state index contributed by atoms with van der Waals surface area (Å²) in [5.41, 5.74) is 5.55. The summed E-state index contributed by atoms with van der Waals surface area (Å²) in [5, 5.41) is 11.0. The van der Waals surface area contributed by atoms with Crippen LogP contribution < -0.4 is 16.0 Å². The molecule has 0 aliphatic carbocycles. The van der Waals surface area contributed by atoms with Crippen molar-refractivity contribution in [1.82, 2.24) is 5.32 Å². The van der Waals surface area contributed by atoms with E-state index in [9.17, 15) is 9.59 Å². The van der Waals surface area contributed by atoms with Crippen molar-refractivity contribution in [3.63, 3.8) is 0 Å². The van der Waals surface area contributed by atoms with Gasteiger partial charge in [-0.15, -0.1) is 0 Å². The molecule has 2 aliphatic heterocycles. The van der Waals surface area contributed by atoms with Gasteiger partial charge in [0, 0.05) is 46.9 Å². The van der Waals surface area contributed by atoms with Crippen LogP contribution in [-0.2, 0) is 0 Å². The smallest absolute Gasteiger partial charge is 0.255 e. The van der Waals surface area contributed by atoms with Gasteiger partial charge in [-0.2, -0.15) is 0 Å². The highest BCUT2D eigenvalue weighted by molar-refractivity contribution is 6.10. The molecule has 188 valence electrons. The quantitative estimate of drug-likeness (QED) is 0.336. The minimum Gasteiger partial charge on any atom is -0.368 e. The van der Waals surface area contributed by atoms with Crippen LogP contribution in [0.2, 0.25) is 0 Å². The van der Waals surface area contributed by atoms with Gasteiger partial charge in [0.25, 0.3) is 11.8 Å². The number of fused-ring (bicyclic) bond motifs is 1. The van der Waals surface area contributed by atoms with E-state index >= 15 is 0 Å². The zero-order valence-electron chi connectivity index (χ0n) is 20.8. The Labute approximate surface area is 220 Å². The van der Waals surface area contributed by atoms with Gasteiger partial charge in [-0.25, -0.2) is 0 Å². The SMILES string of the molecule is O=C(Nc1cccc(C2=NCCC2)c1)c1ccc2ccc(C(=O)Nc3cccc(C4=NCCN4)c3)cc2c1. The molecular weight excluding hydrogens is 474 g/mol. The van der Waals surface area contributed by atoms with Gasteiger partial charge < -0.3 is 16.0 Å². The van der Waals surface area contributed by atoms with E-state index in [4.69, 9.17) is 0 Å². The summed E-state index contributed by atoms with van der Waals surface area (Å²) >= 11 is 0. The molecule has 0 unspecified atom stereocenters. The molecule has 0 fully saturated rings. The van der Waals surface area contributed by atoms with Crippen LogP contribution in [0.3, 0.4) is 0 Å². The number of hydrogen-bond acceptors (Lipinski definition) is 5. The molecule has 0 saturated heterocycles. The van der Waals surface area contributed by atoms with Gasteiger partial charge in [0.15, 0.2) is 0 Å². The van der Waals surface area contributed by atoms with E-state index in [1.165, 1.54) is 0 Å². The summed E-state index contributed by atoms with van der Waals surface area (Å²) in [5.74, 6) is 0.427. The van der Waals surface area contributed by atoms with Gasteiger partial charge >= 0.3 is 0 Å². The average Bonchev–Trinajstić information content (AvgIpc) is 3.68. The molecular formula is C31H27N5O2. The van der Waals surface area contributed by atoms with Crippen LogP contribution in [0.5, 0.6) is 0 Å². The van der Waals surface area contributed by atoms with Gasteiger partial charge in [-0.1, -0.05) is 36.4 Å². The number of rotatable bonds is 6. The maximum Gasteiger partial charge on any atom is 0.255 e. The highest BCUT2D eigenvalue weighted by atomic mass is 16.2. The highest BCUT2D eigenvalue weighted by Gasteiger charge is 2.14. The monoisotopic (exact) mass is 501 g/mol. The van der Waals surface area contributed by atoms with Gasteiger partial charge in [-0.3, -0.25) is 19.6 Å². The second-order valence-corrected chi connectivity index (χ2v) is 9.44. The number of anilines is 2. The molecule has 4 aromatic carbocycles. The van der Waals surface area contributed by atoms with Crippen molar-refractivity contribution >= 4 is 45.5 Å². The number of nitrogens with one attached hydrogen (secondary N) is 3. The van der Waals surface area contributed by atoms with Crippen LogP contribution in [0.25, 0.3) is 10.8 Å². The lowest BCUT2D eigenvalue weighted by molar-refractivity contribution is 0.101. The maximum absolute atomic E-state index is 13.1. The van der Waals surface area contributed by atoms with Crippen LogP contribution in [-0.4, -0.2) is 43.0 Å². The molecule has 0 spiro atoms. The standard InChI is InChI=1S/C31H27N5O2/c37-30(35-26-6-1-4-21(18-26)28-8-3-13-32-28)23-11-9-20-10-12-24(17-25(20)16-23)31(38)36-27-7-2-5-22(19-27)29-33-14-15-34-29/h1-2,4-7,9-12,16-19H,3,8,13-15H2,(H,33,34)(H,35,37)(H,36,38). The molecule has 7 nitrogen and oxygen atoms in total. The van der Waals surface area contributed by atoms with Crippen LogP contribution in [0, 0.1) is 0 Å². The summed E-state index contributed by atoms with van der Waals surface area (Å²) in [4.78, 5) is 35.1. The van der Waals surface area contributed by atoms with Crippen molar-refractivity contribution in [1.29, 1.82) is 0 Å². The van der Waals surface area contributed by atoms with E-state index in [1.807, 2.05) is 72.8 Å². The Morgan fingerprint density at radius 1 is 0.684 bits per heavy atom. The normalized spacial score (nSPS) is 14.5. The molecule has 2 amide bonds. The maximum atomic E-state index is 13.1. The molecule has 0 radical (unpaired) electrons. The Morgan fingerprint density at radius 2 is 1.34 bits per heavy atom. The van der Waals surface area contributed by atoms with Gasteiger partial charge in [0.1, 0.15) is 5.84 Å². The number of carbonyl (C=O) groups excluding carboxylic acids is 2. The molecule has 6 rings (SSSR count). The molecule has 7 heteroatoms. The molecule has 4 aromatic rings. The predicted molar refractivity (Wildman–Crippen MR) is 153 cm³/mol. The number of hydrogen-bond donors (Lipinski definition) is 3. The van der Waals surface area contributed by atoms with Crippen LogP contribution >= 0.6 is 0 Å². The highest BCUT2D eigenvalue weighted by Crippen LogP contribution is 2.22. The third-order valence-corrected chi connectivity index (χ3v) is 6.76. The lowest BCUT2D eigenvalue weighted by Crippen LogP contribution is -2.19. The number of nitrogens with zero attached hydrogens (tertiary/aromatic N) is 2. The summed E-state index contributed by atoms with van der Waals surface area (Å²) < 4.78 is 0. The van der Waals surface area contributed by atoms with Crippen molar-refractivity contribution < 1.29 is 9.59 Å². The zero-order valence-corrected chi connectivity index (χ0v) is 20.8. The predicted octanol–water partition coefficient (Wildman–Crippen LogP) is 5.28. The van der Waals surface area contributed by atoms with Crippen molar-refractivity contribution in [2.45, 2.75) is 12.8 Å². The first kappa shape index (κ1) is 23.6. The van der Waals surface area contributed by atoms with Crippen LogP contribution in [0.1, 0.15) is 44.7 Å². The van der Waals surface area contributed by atoms with Crippen LogP contribution in [0.4, 0.5) is 11.4 Å². The van der Waals surface area contributed by atoms with E-state index in [0.29, 0.717) is 16.8 Å². The van der Waals surface area contributed by atoms with Crippen molar-refractivity contribution in [2.75, 3.05) is 30.3 Å². The third kappa shape index (κ3) is 5.04. The minimum atomic E-state index is -0.216. The molecule has 2 aliphatic rings. The molecule has 0 aromatic heterocycles. The van der Waals surface area contributed by atoms with Gasteiger partial charge in [0.2, 0.25) is 0 Å². The lowest BCUT2D eigenvalue weighted by atomic mass is 10.0. The molecule has 0 saturated carbocycles. The molecule has 3 N–H and O–H groups in total. The number of amides is 2. The molecule has 0 bridgehead atoms. The van der Waals surface area contributed by atoms with Crippen molar-refractivity contribution in [2.24, 2.45) is 9.98 Å². The first-order valence-corrected chi connectivity index (χ1v) is 12.8. The zero-order chi connectivity index (χ0) is 25.9. The van der Waals surface area contributed by atoms with E-state index in [0.717, 1.165) is 71.6 Å². The summed E-state index contributed by atoms with van der Waals surface area (Å²) in [6, 6.07) is 26.5. The fraction of sp³-hybridized carbons (Fsp3) is 0.161. The largest absolute Gasteiger partial charge is 0.368 e. The summed E-state index contributed by atoms with van der Waals surface area (Å²) in [7, 11) is 0. The third-order valence-electron chi connectivity index (χ3n) is 6.76. The molecule has 38 heavy (non-hydrogen) atoms. The minimum absolute atomic E-state index is 0.201. The Balaban J connectivity index is 1.19. The van der Waals surface area contributed by atoms with Gasteiger partial charge in [0.05, 0.1) is 6.54 Å². The summed E-state index contributed by atoms with van der Waals surface area (Å²) in [6.07, 6.45) is 2.04. The Kier molecular flexibility index (Phi) is 6.40. The van der Waals surface area contributed by atoms with Gasteiger partial charge in [-0.05, 0) is 77.7 Å². The number of amidine groups is 1. The lowest BCUT2D eigenvalue weighted by Gasteiger charge is -2.10. The fourth-order valence-electron chi connectivity index (χ4n) is 4.82. The Bertz CT molecular complexity index is 1510. The van der Waals surface area contributed by atoms with Crippen LogP contribution in [0.15, 0.2) is 94.9 Å². The van der Waals surface area contributed by atoms with E-state index in [1.54, 1.807) is 12.1 Å². The second-order valence-electron chi connectivity index (χ2n) is 9.44. The molecule has 2 heterocycles. The fourth-order valence-corrected chi connectivity index (χ4v) is 4.82. The Hall–Kier alpha value is -4.78. The van der Waals surface area contributed by atoms with E-state index < -0.39 is 0 Å². The van der Waals surface area contributed by atoms with E-state index in [-0.39, 0.29) is 11.8 Å². The second kappa shape index (κ2) is 10.3. The first-order chi connectivity index (χ1) is 18.6. The average molecular weight is 502 g/mol. The molecule has 0 atom stereocenters. The van der Waals surface area contributed by atoms with Crippen molar-refractivity contribution in [3.8, 4) is 0 Å².